The zero-order valence-corrected chi connectivity index (χ0v) is 19.2. The molecule has 1 unspecified atom stereocenters. The molecule has 0 spiro atoms. The molecule has 9 heteroatoms. The van der Waals surface area contributed by atoms with Crippen molar-refractivity contribution in [2.45, 2.75) is 44.9 Å². The van der Waals surface area contributed by atoms with Crippen LogP contribution >= 0.6 is 0 Å². The van der Waals surface area contributed by atoms with Crippen molar-refractivity contribution in [3.05, 3.63) is 51.9 Å². The molecule has 2 aromatic carbocycles. The van der Waals surface area contributed by atoms with E-state index in [0.717, 1.165) is 30.7 Å². The number of hydrogen-bond acceptors (Lipinski definition) is 5. The Balaban J connectivity index is 1.96. The number of aromatic hydroxyl groups is 1. The van der Waals surface area contributed by atoms with Crippen molar-refractivity contribution in [1.29, 1.82) is 0 Å². The van der Waals surface area contributed by atoms with E-state index < -0.39 is 22.9 Å². The standard InChI is InChI=1S/C25H26F3NO5/c1-14-6-4-5-11-29(14)13-17-18(30)9-8-16-22(31)21(24(25(26,27)28)34-23(16)17)15-7-10-19(32-2)20(12-15)33-3/h7-10,12,14,30H,4-6,11,13H2,1-3H3/p+1/t14-/m1/s1. The Morgan fingerprint density at radius 3 is 2.50 bits per heavy atom. The first-order valence-corrected chi connectivity index (χ1v) is 11.1. The van der Waals surface area contributed by atoms with Crippen molar-refractivity contribution in [3.8, 4) is 28.4 Å². The van der Waals surface area contributed by atoms with Crippen LogP contribution in [0.25, 0.3) is 22.1 Å². The number of likely N-dealkylation sites (tertiary alicyclic amines) is 1. The molecule has 182 valence electrons. The van der Waals surface area contributed by atoms with E-state index in [-0.39, 0.29) is 46.2 Å². The number of rotatable bonds is 5. The van der Waals surface area contributed by atoms with Gasteiger partial charge in [0.15, 0.2) is 17.1 Å². The van der Waals surface area contributed by atoms with Crippen molar-refractivity contribution in [2.75, 3.05) is 20.8 Å². The molecule has 34 heavy (non-hydrogen) atoms. The second-order valence-electron chi connectivity index (χ2n) is 8.62. The van der Waals surface area contributed by atoms with Crippen molar-refractivity contribution in [1.82, 2.24) is 0 Å². The lowest BCUT2D eigenvalue weighted by Gasteiger charge is -2.30. The summed E-state index contributed by atoms with van der Waals surface area (Å²) < 4.78 is 58.3. The molecule has 3 aromatic rings. The molecule has 2 heterocycles. The summed E-state index contributed by atoms with van der Waals surface area (Å²) in [4.78, 5) is 14.6. The third-order valence-corrected chi connectivity index (χ3v) is 6.55. The van der Waals surface area contributed by atoms with Gasteiger partial charge in [-0.1, -0.05) is 6.07 Å². The van der Waals surface area contributed by atoms with Gasteiger partial charge in [0.2, 0.25) is 11.2 Å². The lowest BCUT2D eigenvalue weighted by Crippen LogP contribution is -3.14. The highest BCUT2D eigenvalue weighted by Crippen LogP contribution is 2.41. The second-order valence-corrected chi connectivity index (χ2v) is 8.62. The number of nitrogens with one attached hydrogen (secondary N) is 1. The fraction of sp³-hybridized carbons (Fsp3) is 0.400. The van der Waals surface area contributed by atoms with Crippen LogP contribution in [0.2, 0.25) is 0 Å². The zero-order valence-electron chi connectivity index (χ0n) is 19.2. The molecule has 0 saturated carbocycles. The van der Waals surface area contributed by atoms with E-state index in [1.807, 2.05) is 0 Å². The molecule has 1 fully saturated rings. The van der Waals surface area contributed by atoms with Crippen molar-refractivity contribution < 1.29 is 37.1 Å². The average molecular weight is 478 g/mol. The molecular weight excluding hydrogens is 451 g/mol. The predicted octanol–water partition coefficient (Wildman–Crippen LogP) is 4.16. The van der Waals surface area contributed by atoms with Crippen LogP contribution in [0.5, 0.6) is 17.2 Å². The van der Waals surface area contributed by atoms with Crippen molar-refractivity contribution in [3.63, 3.8) is 0 Å². The summed E-state index contributed by atoms with van der Waals surface area (Å²) in [5.41, 5.74) is -1.47. The van der Waals surface area contributed by atoms with E-state index in [0.29, 0.717) is 5.75 Å². The smallest absolute Gasteiger partial charge is 0.450 e. The highest BCUT2D eigenvalue weighted by Gasteiger charge is 2.40. The van der Waals surface area contributed by atoms with Gasteiger partial charge in [-0.15, -0.1) is 0 Å². The number of fused-ring (bicyclic) bond motifs is 1. The fourth-order valence-electron chi connectivity index (χ4n) is 4.67. The second kappa shape index (κ2) is 9.21. The number of hydrogen-bond donors (Lipinski definition) is 2. The van der Waals surface area contributed by atoms with Gasteiger partial charge in [-0.05, 0) is 56.0 Å². The lowest BCUT2D eigenvalue weighted by atomic mass is 9.98. The molecular formula is C25H27F3NO5+. The largest absolute Gasteiger partial charge is 0.507 e. The number of methoxy groups -OCH3 is 2. The summed E-state index contributed by atoms with van der Waals surface area (Å²) in [5, 5.41) is 10.5. The summed E-state index contributed by atoms with van der Waals surface area (Å²) in [6, 6.07) is 7.03. The Labute approximate surface area is 194 Å². The summed E-state index contributed by atoms with van der Waals surface area (Å²) in [6.45, 7) is 3.17. The molecule has 1 aromatic heterocycles. The molecule has 0 amide bonds. The molecule has 1 aliphatic rings. The number of halogens is 3. The Kier molecular flexibility index (Phi) is 6.49. The highest BCUT2D eigenvalue weighted by atomic mass is 19.4. The predicted molar refractivity (Wildman–Crippen MR) is 121 cm³/mol. The fourth-order valence-corrected chi connectivity index (χ4v) is 4.67. The number of piperidine rings is 1. The van der Waals surface area contributed by atoms with E-state index >= 15 is 0 Å². The summed E-state index contributed by atoms with van der Waals surface area (Å²) in [7, 11) is 2.76. The minimum absolute atomic E-state index is 0.00877. The molecule has 1 saturated heterocycles. The van der Waals surface area contributed by atoms with E-state index in [2.05, 4.69) is 6.92 Å². The average Bonchev–Trinajstić information content (AvgIpc) is 2.81. The van der Waals surface area contributed by atoms with E-state index in [9.17, 15) is 23.1 Å². The van der Waals surface area contributed by atoms with Gasteiger partial charge in [0.25, 0.3) is 0 Å². The van der Waals surface area contributed by atoms with Crippen LogP contribution in [0.3, 0.4) is 0 Å². The van der Waals surface area contributed by atoms with Gasteiger partial charge in [-0.3, -0.25) is 4.79 Å². The van der Waals surface area contributed by atoms with Gasteiger partial charge in [-0.2, -0.15) is 13.2 Å². The van der Waals surface area contributed by atoms with Gasteiger partial charge in [-0.25, -0.2) is 0 Å². The van der Waals surface area contributed by atoms with Gasteiger partial charge < -0.3 is 23.9 Å². The molecule has 4 rings (SSSR count). The summed E-state index contributed by atoms with van der Waals surface area (Å²) in [5.74, 6) is -1.10. The number of ether oxygens (including phenoxy) is 2. The maximum atomic E-state index is 14.2. The number of quaternary nitrogens is 1. The molecule has 0 bridgehead atoms. The summed E-state index contributed by atoms with van der Waals surface area (Å²) >= 11 is 0. The number of phenolic OH excluding ortho intramolecular Hbond substituents is 1. The van der Waals surface area contributed by atoms with E-state index in [1.54, 1.807) is 0 Å². The first kappa shape index (κ1) is 23.9. The quantitative estimate of drug-likeness (QED) is 0.576. The number of benzene rings is 2. The van der Waals surface area contributed by atoms with Gasteiger partial charge in [0.1, 0.15) is 12.3 Å². The molecule has 0 radical (unpaired) electrons. The Morgan fingerprint density at radius 2 is 1.85 bits per heavy atom. The lowest BCUT2D eigenvalue weighted by molar-refractivity contribution is -0.941. The number of alkyl halides is 3. The molecule has 2 N–H and O–H groups in total. The zero-order chi connectivity index (χ0) is 24.6. The first-order chi connectivity index (χ1) is 16.2. The maximum Gasteiger partial charge on any atom is 0.450 e. The van der Waals surface area contributed by atoms with Gasteiger partial charge in [0, 0.05) is 0 Å². The normalized spacial score (nSPS) is 18.8. The maximum absolute atomic E-state index is 14.2. The van der Waals surface area contributed by atoms with Crippen LogP contribution in [-0.4, -0.2) is 31.9 Å². The minimum atomic E-state index is -4.94. The monoisotopic (exact) mass is 478 g/mol. The number of phenols is 1. The van der Waals surface area contributed by atoms with Crippen LogP contribution in [0.1, 0.15) is 37.5 Å². The van der Waals surface area contributed by atoms with Crippen LogP contribution in [0.4, 0.5) is 13.2 Å². The van der Waals surface area contributed by atoms with E-state index in [1.165, 1.54) is 44.6 Å². The Morgan fingerprint density at radius 1 is 1.12 bits per heavy atom. The van der Waals surface area contributed by atoms with Crippen LogP contribution in [0, 0.1) is 0 Å². The molecule has 6 nitrogen and oxygen atoms in total. The Bertz CT molecular complexity index is 1270. The van der Waals surface area contributed by atoms with Crippen molar-refractivity contribution in [2.24, 2.45) is 0 Å². The molecule has 2 atom stereocenters. The Hall–Kier alpha value is -3.20. The van der Waals surface area contributed by atoms with Crippen LogP contribution in [-0.2, 0) is 12.7 Å². The third-order valence-electron chi connectivity index (χ3n) is 6.55. The summed E-state index contributed by atoms with van der Waals surface area (Å²) in [6.07, 6.45) is -1.87. The van der Waals surface area contributed by atoms with Crippen molar-refractivity contribution >= 4 is 11.0 Å². The van der Waals surface area contributed by atoms with E-state index in [4.69, 9.17) is 13.9 Å². The van der Waals surface area contributed by atoms with Gasteiger partial charge >= 0.3 is 6.18 Å². The van der Waals surface area contributed by atoms with Gasteiger partial charge in [0.05, 0.1) is 43.3 Å². The highest BCUT2D eigenvalue weighted by molar-refractivity contribution is 5.87. The SMILES string of the molecule is COc1ccc(-c2c(C(F)(F)F)oc3c(C[NH+]4CCCC[C@H]4C)c(O)ccc3c2=O)cc1OC. The minimum Gasteiger partial charge on any atom is -0.507 e. The first-order valence-electron chi connectivity index (χ1n) is 11.1. The topological polar surface area (TPSA) is 73.3 Å². The molecule has 1 aliphatic heterocycles. The third kappa shape index (κ3) is 4.32. The molecule has 0 aliphatic carbocycles. The van der Waals surface area contributed by atoms with Crippen LogP contribution in [0.15, 0.2) is 39.5 Å². The van der Waals surface area contributed by atoms with Crippen LogP contribution < -0.4 is 19.8 Å².